The average Bonchev–Trinajstić information content (AvgIpc) is 2.37. The van der Waals surface area contributed by atoms with Gasteiger partial charge in [-0.25, -0.2) is 0 Å². The molecule has 0 spiro atoms. The van der Waals surface area contributed by atoms with Gasteiger partial charge in [-0.1, -0.05) is 0 Å². The van der Waals surface area contributed by atoms with Gasteiger partial charge in [-0.05, 0) is 25.1 Å². The molecule has 6 nitrogen and oxygen atoms in total. The van der Waals surface area contributed by atoms with Crippen molar-refractivity contribution in [2.45, 2.75) is 13.0 Å². The van der Waals surface area contributed by atoms with Gasteiger partial charge < -0.3 is 20.5 Å². The minimum Gasteiger partial charge on any atom is -0.493 e. The van der Waals surface area contributed by atoms with Crippen LogP contribution in [0.2, 0.25) is 0 Å². The minimum atomic E-state index is -0.731. The maximum absolute atomic E-state index is 11.8. The second-order valence-corrected chi connectivity index (χ2v) is 3.67. The van der Waals surface area contributed by atoms with Crippen LogP contribution in [0.3, 0.4) is 0 Å². The summed E-state index contributed by atoms with van der Waals surface area (Å²) in [5.74, 6) is -0.0278. The van der Waals surface area contributed by atoms with E-state index in [-0.39, 0.29) is 0 Å². The number of carbonyl (C=O) groups excluding carboxylic acids is 2. The van der Waals surface area contributed by atoms with E-state index in [2.05, 4.69) is 5.32 Å². The molecular formula is C12H16N2O4. The second kappa shape index (κ2) is 5.90. The van der Waals surface area contributed by atoms with Crippen molar-refractivity contribution < 1.29 is 19.1 Å². The molecule has 98 valence electrons. The van der Waals surface area contributed by atoms with Gasteiger partial charge in [0.2, 0.25) is 5.91 Å². The molecule has 0 saturated carbocycles. The van der Waals surface area contributed by atoms with Crippen LogP contribution in [0.25, 0.3) is 0 Å². The van der Waals surface area contributed by atoms with Crippen LogP contribution in [0.1, 0.15) is 17.3 Å². The molecule has 0 aliphatic rings. The summed E-state index contributed by atoms with van der Waals surface area (Å²) in [6, 6.07) is 3.99. The summed E-state index contributed by atoms with van der Waals surface area (Å²) in [6.45, 7) is 1.51. The third-order valence-electron chi connectivity index (χ3n) is 2.42. The first kappa shape index (κ1) is 13.8. The number of ether oxygens (including phenoxy) is 2. The minimum absolute atomic E-state index is 0.362. The molecule has 6 heteroatoms. The second-order valence-electron chi connectivity index (χ2n) is 3.67. The Balaban J connectivity index is 2.90. The summed E-state index contributed by atoms with van der Waals surface area (Å²) in [4.78, 5) is 22.7. The first-order valence-corrected chi connectivity index (χ1v) is 5.31. The monoisotopic (exact) mass is 252 g/mol. The molecule has 0 bridgehead atoms. The van der Waals surface area contributed by atoms with E-state index in [0.717, 1.165) is 0 Å². The number of benzene rings is 1. The smallest absolute Gasteiger partial charge is 0.252 e. The summed E-state index contributed by atoms with van der Waals surface area (Å²) < 4.78 is 10.1. The van der Waals surface area contributed by atoms with Gasteiger partial charge in [0.25, 0.3) is 5.91 Å². The first-order valence-electron chi connectivity index (χ1n) is 5.31. The number of primary amides is 1. The van der Waals surface area contributed by atoms with Crippen LogP contribution in [0.4, 0.5) is 0 Å². The van der Waals surface area contributed by atoms with E-state index < -0.39 is 17.9 Å². The van der Waals surface area contributed by atoms with Crippen LogP contribution in [0.5, 0.6) is 11.5 Å². The molecule has 2 amide bonds. The lowest BCUT2D eigenvalue weighted by Crippen LogP contribution is -2.42. The Morgan fingerprint density at radius 2 is 1.83 bits per heavy atom. The fourth-order valence-electron chi connectivity index (χ4n) is 1.33. The number of hydrogen-bond donors (Lipinski definition) is 2. The maximum Gasteiger partial charge on any atom is 0.252 e. The van der Waals surface area contributed by atoms with Crippen LogP contribution in [-0.4, -0.2) is 32.1 Å². The van der Waals surface area contributed by atoms with Crippen LogP contribution in [0, 0.1) is 0 Å². The van der Waals surface area contributed by atoms with E-state index in [1.165, 1.54) is 27.2 Å². The highest BCUT2D eigenvalue weighted by molar-refractivity contribution is 5.97. The summed E-state index contributed by atoms with van der Waals surface area (Å²) >= 11 is 0. The zero-order chi connectivity index (χ0) is 13.7. The number of carbonyl (C=O) groups is 2. The number of amides is 2. The third-order valence-corrected chi connectivity index (χ3v) is 2.42. The van der Waals surface area contributed by atoms with Crippen molar-refractivity contribution >= 4 is 11.8 Å². The molecule has 1 unspecified atom stereocenters. The molecule has 0 fully saturated rings. The topological polar surface area (TPSA) is 90.6 Å². The predicted octanol–water partition coefficient (Wildman–Crippen LogP) is 0.307. The quantitative estimate of drug-likeness (QED) is 0.789. The lowest BCUT2D eigenvalue weighted by molar-refractivity contribution is -0.119. The molecule has 1 atom stereocenters. The molecule has 18 heavy (non-hydrogen) atoms. The fraction of sp³-hybridized carbons (Fsp3) is 0.333. The van der Waals surface area contributed by atoms with Gasteiger partial charge in [-0.2, -0.15) is 0 Å². The molecule has 0 saturated heterocycles. The lowest BCUT2D eigenvalue weighted by Gasteiger charge is -2.12. The molecule has 0 heterocycles. The van der Waals surface area contributed by atoms with Gasteiger partial charge in [-0.15, -0.1) is 0 Å². The molecule has 0 radical (unpaired) electrons. The fourth-order valence-corrected chi connectivity index (χ4v) is 1.33. The zero-order valence-corrected chi connectivity index (χ0v) is 10.5. The van der Waals surface area contributed by atoms with Crippen LogP contribution < -0.4 is 20.5 Å². The van der Waals surface area contributed by atoms with E-state index in [0.29, 0.717) is 17.1 Å². The van der Waals surface area contributed by atoms with Gasteiger partial charge in [-0.3, -0.25) is 9.59 Å². The molecule has 0 aliphatic heterocycles. The standard InChI is InChI=1S/C12H16N2O4/c1-7(11(13)15)14-12(16)8-4-5-9(17-2)10(6-8)18-3/h4-7H,1-3H3,(H2,13,15)(H,14,16). The van der Waals surface area contributed by atoms with Gasteiger partial charge in [0.05, 0.1) is 14.2 Å². The molecule has 1 aromatic carbocycles. The van der Waals surface area contributed by atoms with E-state index >= 15 is 0 Å². The van der Waals surface area contributed by atoms with Crippen molar-refractivity contribution in [2.75, 3.05) is 14.2 Å². The summed E-state index contributed by atoms with van der Waals surface area (Å²) in [7, 11) is 2.98. The summed E-state index contributed by atoms with van der Waals surface area (Å²) in [5, 5.41) is 2.47. The van der Waals surface area contributed by atoms with Crippen molar-refractivity contribution in [3.63, 3.8) is 0 Å². The number of methoxy groups -OCH3 is 2. The van der Waals surface area contributed by atoms with Crippen LogP contribution >= 0.6 is 0 Å². The van der Waals surface area contributed by atoms with Crippen LogP contribution in [0.15, 0.2) is 18.2 Å². The highest BCUT2D eigenvalue weighted by atomic mass is 16.5. The number of nitrogens with one attached hydrogen (secondary N) is 1. The Labute approximate surface area is 105 Å². The molecule has 0 aromatic heterocycles. The van der Waals surface area contributed by atoms with Crippen molar-refractivity contribution in [3.05, 3.63) is 23.8 Å². The van der Waals surface area contributed by atoms with E-state index in [9.17, 15) is 9.59 Å². The molecular weight excluding hydrogens is 236 g/mol. The number of rotatable bonds is 5. The molecule has 0 aliphatic carbocycles. The van der Waals surface area contributed by atoms with Gasteiger partial charge >= 0.3 is 0 Å². The molecule has 1 aromatic rings. The number of hydrogen-bond acceptors (Lipinski definition) is 4. The normalized spacial score (nSPS) is 11.5. The Morgan fingerprint density at radius 1 is 1.22 bits per heavy atom. The van der Waals surface area contributed by atoms with Gasteiger partial charge in [0.1, 0.15) is 6.04 Å². The predicted molar refractivity (Wildman–Crippen MR) is 65.7 cm³/mol. The summed E-state index contributed by atoms with van der Waals surface area (Å²) in [5.41, 5.74) is 5.43. The Bertz CT molecular complexity index is 459. The Morgan fingerprint density at radius 3 is 2.33 bits per heavy atom. The first-order chi connectivity index (χ1) is 8.49. The van der Waals surface area contributed by atoms with E-state index in [1.54, 1.807) is 12.1 Å². The van der Waals surface area contributed by atoms with Crippen molar-refractivity contribution in [2.24, 2.45) is 5.73 Å². The highest BCUT2D eigenvalue weighted by Gasteiger charge is 2.15. The summed E-state index contributed by atoms with van der Waals surface area (Å²) in [6.07, 6.45) is 0. The van der Waals surface area contributed by atoms with Crippen molar-refractivity contribution in [1.82, 2.24) is 5.32 Å². The van der Waals surface area contributed by atoms with E-state index in [4.69, 9.17) is 15.2 Å². The molecule has 1 rings (SSSR count). The lowest BCUT2D eigenvalue weighted by atomic mass is 10.1. The van der Waals surface area contributed by atoms with E-state index in [1.807, 2.05) is 0 Å². The average molecular weight is 252 g/mol. The Hall–Kier alpha value is -2.24. The SMILES string of the molecule is COc1ccc(C(=O)NC(C)C(N)=O)cc1OC. The van der Waals surface area contributed by atoms with Crippen LogP contribution in [-0.2, 0) is 4.79 Å². The Kier molecular flexibility index (Phi) is 4.53. The maximum atomic E-state index is 11.8. The molecule has 3 N–H and O–H groups in total. The zero-order valence-electron chi connectivity index (χ0n) is 10.5. The van der Waals surface area contributed by atoms with Gasteiger partial charge in [0, 0.05) is 5.56 Å². The van der Waals surface area contributed by atoms with Gasteiger partial charge in [0.15, 0.2) is 11.5 Å². The van der Waals surface area contributed by atoms with Crippen molar-refractivity contribution in [3.8, 4) is 11.5 Å². The van der Waals surface area contributed by atoms with Crippen molar-refractivity contribution in [1.29, 1.82) is 0 Å². The highest BCUT2D eigenvalue weighted by Crippen LogP contribution is 2.27. The number of nitrogens with two attached hydrogens (primary N) is 1. The third kappa shape index (κ3) is 3.13. The largest absolute Gasteiger partial charge is 0.493 e.